The fourth-order valence-corrected chi connectivity index (χ4v) is 7.89. The van der Waals surface area contributed by atoms with Crippen molar-refractivity contribution in [2.24, 2.45) is 0 Å². The van der Waals surface area contributed by atoms with E-state index in [0.717, 1.165) is 33.7 Å². The lowest BCUT2D eigenvalue weighted by Crippen LogP contribution is -2.28. The fourth-order valence-electron chi connectivity index (χ4n) is 7.89. The fraction of sp³-hybridized carbons (Fsp3) is 0.104. The molecule has 1 aliphatic rings. The summed E-state index contributed by atoms with van der Waals surface area (Å²) in [6.45, 7) is 6.77. The van der Waals surface area contributed by atoms with Crippen LogP contribution in [0.3, 0.4) is 0 Å². The maximum atomic E-state index is 6.25. The molecule has 0 amide bonds. The van der Waals surface area contributed by atoms with Crippen molar-refractivity contribution < 1.29 is 4.42 Å². The van der Waals surface area contributed by atoms with Gasteiger partial charge in [-0.15, -0.1) is 0 Å². The number of hydrogen-bond acceptors (Lipinski definition) is 3. The predicted octanol–water partition coefficient (Wildman–Crippen LogP) is 12.6. The SMILES string of the molecule is CC(C)(C)c1ccc(N(c2ccc3c(c2)C(c2ccccc2)(c2ccccc2)c2ccccc2-3)c2ccc3oc(-c4ccccc4)nc3c2)cc1. The molecule has 9 rings (SSSR count). The van der Waals surface area contributed by atoms with E-state index < -0.39 is 5.41 Å². The van der Waals surface area contributed by atoms with Crippen molar-refractivity contribution in [2.45, 2.75) is 31.6 Å². The Hall–Kier alpha value is -6.19. The van der Waals surface area contributed by atoms with Gasteiger partial charge >= 0.3 is 0 Å². The number of oxazole rings is 1. The lowest BCUT2D eigenvalue weighted by molar-refractivity contribution is 0.590. The molecule has 0 fully saturated rings. The Labute approximate surface area is 299 Å². The Balaban J connectivity index is 1.28. The molecule has 3 nitrogen and oxygen atoms in total. The van der Waals surface area contributed by atoms with Gasteiger partial charge in [-0.3, -0.25) is 0 Å². The summed E-state index contributed by atoms with van der Waals surface area (Å²) in [6, 6.07) is 63.3. The molecule has 8 aromatic rings. The van der Waals surface area contributed by atoms with Gasteiger partial charge in [0, 0.05) is 22.6 Å². The molecule has 0 saturated heterocycles. The quantitative estimate of drug-likeness (QED) is 0.178. The minimum Gasteiger partial charge on any atom is -0.436 e. The van der Waals surface area contributed by atoms with Gasteiger partial charge in [-0.05, 0) is 99.0 Å². The minimum absolute atomic E-state index is 0.0428. The highest BCUT2D eigenvalue weighted by atomic mass is 16.3. The Kier molecular flexibility index (Phi) is 7.25. The van der Waals surface area contributed by atoms with E-state index in [1.807, 2.05) is 36.4 Å². The molecule has 1 heterocycles. The predicted molar refractivity (Wildman–Crippen MR) is 210 cm³/mol. The number of benzene rings is 7. The standard InChI is InChI=1S/C48H38N2O/c1-47(2,3)34-23-25-37(26-24-34)50(39-28-30-45-44(32-39)49-46(51-45)33-15-7-4-8-16-33)38-27-29-41-40-21-13-14-22-42(40)48(43(41)31-38,35-17-9-5-10-18-35)36-19-11-6-12-20-36/h4-32H,1-3H3. The molecule has 0 spiro atoms. The third-order valence-corrected chi connectivity index (χ3v) is 10.3. The van der Waals surface area contributed by atoms with Gasteiger partial charge < -0.3 is 9.32 Å². The monoisotopic (exact) mass is 658 g/mol. The second-order valence-electron chi connectivity index (χ2n) is 14.4. The third kappa shape index (κ3) is 5.08. The topological polar surface area (TPSA) is 29.3 Å². The van der Waals surface area contributed by atoms with E-state index in [2.05, 4.69) is 165 Å². The Morgan fingerprint density at radius 2 is 1.06 bits per heavy atom. The summed E-state index contributed by atoms with van der Waals surface area (Å²) < 4.78 is 6.25. The number of nitrogens with zero attached hydrogens (tertiary/aromatic N) is 2. The molecule has 1 aliphatic carbocycles. The van der Waals surface area contributed by atoms with Crippen molar-refractivity contribution in [3.05, 3.63) is 204 Å². The molecule has 0 N–H and O–H groups in total. The molecule has 246 valence electrons. The van der Waals surface area contributed by atoms with Crippen LogP contribution in [0, 0.1) is 0 Å². The molecule has 0 atom stereocenters. The van der Waals surface area contributed by atoms with E-state index in [1.54, 1.807) is 0 Å². The van der Waals surface area contributed by atoms with Crippen LogP contribution in [-0.2, 0) is 10.8 Å². The molecule has 0 bridgehead atoms. The highest BCUT2D eigenvalue weighted by Crippen LogP contribution is 2.57. The first kappa shape index (κ1) is 30.8. The van der Waals surface area contributed by atoms with Crippen LogP contribution in [0.4, 0.5) is 17.1 Å². The van der Waals surface area contributed by atoms with E-state index in [1.165, 1.54) is 38.9 Å². The van der Waals surface area contributed by atoms with Crippen molar-refractivity contribution in [3.63, 3.8) is 0 Å². The normalized spacial score (nSPS) is 13.2. The molecular weight excluding hydrogens is 621 g/mol. The maximum Gasteiger partial charge on any atom is 0.227 e. The van der Waals surface area contributed by atoms with Crippen LogP contribution in [0.5, 0.6) is 0 Å². The second-order valence-corrected chi connectivity index (χ2v) is 14.4. The highest BCUT2D eigenvalue weighted by molar-refractivity contribution is 5.91. The molecule has 0 saturated carbocycles. The molecule has 7 aromatic carbocycles. The van der Waals surface area contributed by atoms with E-state index in [-0.39, 0.29) is 5.41 Å². The average Bonchev–Trinajstić information content (AvgIpc) is 3.73. The third-order valence-electron chi connectivity index (χ3n) is 10.3. The minimum atomic E-state index is -0.493. The molecule has 0 radical (unpaired) electrons. The van der Waals surface area contributed by atoms with E-state index in [4.69, 9.17) is 9.40 Å². The first-order valence-electron chi connectivity index (χ1n) is 17.6. The molecule has 3 heteroatoms. The smallest absolute Gasteiger partial charge is 0.227 e. The summed E-state index contributed by atoms with van der Waals surface area (Å²) in [4.78, 5) is 7.31. The van der Waals surface area contributed by atoms with E-state index in [9.17, 15) is 0 Å². The number of fused-ring (bicyclic) bond motifs is 4. The summed E-state index contributed by atoms with van der Waals surface area (Å²) in [7, 11) is 0. The number of anilines is 3. The van der Waals surface area contributed by atoms with Gasteiger partial charge in [0.15, 0.2) is 5.58 Å². The molecule has 0 unspecified atom stereocenters. The summed E-state index contributed by atoms with van der Waals surface area (Å²) in [5.41, 5.74) is 14.1. The lowest BCUT2D eigenvalue weighted by atomic mass is 9.67. The van der Waals surface area contributed by atoms with Gasteiger partial charge in [-0.1, -0.05) is 142 Å². The Morgan fingerprint density at radius 1 is 0.510 bits per heavy atom. The van der Waals surface area contributed by atoms with Crippen molar-refractivity contribution >= 4 is 28.2 Å². The van der Waals surface area contributed by atoms with E-state index >= 15 is 0 Å². The molecule has 1 aromatic heterocycles. The van der Waals surface area contributed by atoms with Crippen LogP contribution < -0.4 is 4.90 Å². The average molecular weight is 659 g/mol. The summed E-state index contributed by atoms with van der Waals surface area (Å²) in [5, 5.41) is 0. The summed E-state index contributed by atoms with van der Waals surface area (Å²) in [5.74, 6) is 0.620. The largest absolute Gasteiger partial charge is 0.436 e. The van der Waals surface area contributed by atoms with Gasteiger partial charge in [0.05, 0.1) is 5.41 Å². The van der Waals surface area contributed by atoms with Crippen molar-refractivity contribution in [3.8, 4) is 22.6 Å². The number of aromatic nitrogens is 1. The van der Waals surface area contributed by atoms with Crippen LogP contribution in [0.25, 0.3) is 33.7 Å². The molecule has 51 heavy (non-hydrogen) atoms. The van der Waals surface area contributed by atoms with Crippen molar-refractivity contribution in [2.75, 3.05) is 4.90 Å². The summed E-state index contributed by atoms with van der Waals surface area (Å²) in [6.07, 6.45) is 0. The zero-order valence-electron chi connectivity index (χ0n) is 29.0. The van der Waals surface area contributed by atoms with Gasteiger partial charge in [-0.25, -0.2) is 4.98 Å². The van der Waals surface area contributed by atoms with Crippen molar-refractivity contribution in [1.82, 2.24) is 4.98 Å². The van der Waals surface area contributed by atoms with Crippen molar-refractivity contribution in [1.29, 1.82) is 0 Å². The number of rotatable bonds is 6. The zero-order valence-corrected chi connectivity index (χ0v) is 29.0. The van der Waals surface area contributed by atoms with Gasteiger partial charge in [0.2, 0.25) is 5.89 Å². The highest BCUT2D eigenvalue weighted by Gasteiger charge is 2.46. The Bertz CT molecular complexity index is 2450. The first-order valence-corrected chi connectivity index (χ1v) is 17.6. The maximum absolute atomic E-state index is 6.25. The van der Waals surface area contributed by atoms with Crippen LogP contribution in [0.15, 0.2) is 180 Å². The molecular formula is C48H38N2O. The van der Waals surface area contributed by atoms with Crippen LogP contribution in [-0.4, -0.2) is 4.98 Å². The summed E-state index contributed by atoms with van der Waals surface area (Å²) >= 11 is 0. The van der Waals surface area contributed by atoms with Crippen LogP contribution in [0.2, 0.25) is 0 Å². The van der Waals surface area contributed by atoms with Gasteiger partial charge in [-0.2, -0.15) is 0 Å². The molecule has 0 aliphatic heterocycles. The van der Waals surface area contributed by atoms with Gasteiger partial charge in [0.1, 0.15) is 5.52 Å². The zero-order chi connectivity index (χ0) is 34.6. The van der Waals surface area contributed by atoms with Crippen LogP contribution >= 0.6 is 0 Å². The Morgan fingerprint density at radius 3 is 1.73 bits per heavy atom. The number of hydrogen-bond donors (Lipinski definition) is 0. The lowest BCUT2D eigenvalue weighted by Gasteiger charge is -2.35. The van der Waals surface area contributed by atoms with Gasteiger partial charge in [0.25, 0.3) is 0 Å². The second kappa shape index (κ2) is 12.0. The van der Waals surface area contributed by atoms with Crippen LogP contribution in [0.1, 0.15) is 48.6 Å². The van der Waals surface area contributed by atoms with E-state index in [0.29, 0.717) is 5.89 Å². The first-order chi connectivity index (χ1) is 24.9.